The lowest BCUT2D eigenvalue weighted by Crippen LogP contribution is -2.19. The Kier molecular flexibility index (Phi) is 5.36. The van der Waals surface area contributed by atoms with Crippen LogP contribution in [-0.4, -0.2) is 5.91 Å². The molecule has 0 saturated carbocycles. The van der Waals surface area contributed by atoms with E-state index in [0.717, 1.165) is 9.35 Å². The molecule has 0 aromatic carbocycles. The van der Waals surface area contributed by atoms with Crippen molar-refractivity contribution < 1.29 is 4.79 Å². The quantitative estimate of drug-likeness (QED) is 0.668. The molecule has 0 aliphatic rings. The maximum absolute atomic E-state index is 11.3. The van der Waals surface area contributed by atoms with Gasteiger partial charge >= 0.3 is 0 Å². The SMILES string of the molecule is CC=CC=CC(=O)NCc1cc(Br)cs1. The summed E-state index contributed by atoms with van der Waals surface area (Å²) < 4.78 is 1.06. The van der Waals surface area contributed by atoms with Gasteiger partial charge in [-0.3, -0.25) is 4.79 Å². The molecule has 1 aromatic heterocycles. The minimum atomic E-state index is -0.0716. The average Bonchev–Trinajstić information content (AvgIpc) is 2.62. The fraction of sp³-hybridized carbons (Fsp3) is 0.182. The molecule has 15 heavy (non-hydrogen) atoms. The van der Waals surface area contributed by atoms with E-state index in [9.17, 15) is 4.79 Å². The zero-order chi connectivity index (χ0) is 11.1. The molecule has 0 radical (unpaired) electrons. The summed E-state index contributed by atoms with van der Waals surface area (Å²) in [4.78, 5) is 12.4. The van der Waals surface area contributed by atoms with Crippen LogP contribution in [0.5, 0.6) is 0 Å². The van der Waals surface area contributed by atoms with Crippen LogP contribution >= 0.6 is 27.3 Å². The van der Waals surface area contributed by atoms with Gasteiger partial charge in [0.15, 0.2) is 0 Å². The van der Waals surface area contributed by atoms with E-state index in [1.807, 2.05) is 30.5 Å². The highest BCUT2D eigenvalue weighted by Crippen LogP contribution is 2.19. The third-order valence-corrected chi connectivity index (χ3v) is 3.31. The second kappa shape index (κ2) is 6.58. The number of thiophene rings is 1. The summed E-state index contributed by atoms with van der Waals surface area (Å²) >= 11 is 4.99. The highest BCUT2D eigenvalue weighted by molar-refractivity contribution is 9.10. The van der Waals surface area contributed by atoms with Gasteiger partial charge in [-0.25, -0.2) is 0 Å². The first kappa shape index (κ1) is 12.2. The summed E-state index contributed by atoms with van der Waals surface area (Å²) in [6.07, 6.45) is 6.93. The molecule has 1 heterocycles. The Morgan fingerprint density at radius 3 is 3.00 bits per heavy atom. The molecule has 0 saturated heterocycles. The largest absolute Gasteiger partial charge is 0.348 e. The van der Waals surface area contributed by atoms with E-state index in [4.69, 9.17) is 0 Å². The van der Waals surface area contributed by atoms with Gasteiger partial charge in [0.25, 0.3) is 0 Å². The molecule has 1 aromatic rings. The molecule has 2 nitrogen and oxygen atoms in total. The van der Waals surface area contributed by atoms with Crippen molar-refractivity contribution in [1.29, 1.82) is 0 Å². The van der Waals surface area contributed by atoms with Crippen LogP contribution in [0.3, 0.4) is 0 Å². The Bertz CT molecular complexity index is 382. The summed E-state index contributed by atoms with van der Waals surface area (Å²) in [7, 11) is 0. The summed E-state index contributed by atoms with van der Waals surface area (Å²) in [5.41, 5.74) is 0. The highest BCUT2D eigenvalue weighted by atomic mass is 79.9. The third kappa shape index (κ3) is 4.95. The van der Waals surface area contributed by atoms with E-state index in [2.05, 4.69) is 21.2 Å². The van der Waals surface area contributed by atoms with E-state index in [1.165, 1.54) is 6.08 Å². The van der Waals surface area contributed by atoms with Gasteiger partial charge in [0.1, 0.15) is 0 Å². The number of carbonyl (C=O) groups excluding carboxylic acids is 1. The lowest BCUT2D eigenvalue weighted by molar-refractivity contribution is -0.116. The molecule has 4 heteroatoms. The normalized spacial score (nSPS) is 11.3. The number of allylic oxidation sites excluding steroid dienone is 3. The van der Waals surface area contributed by atoms with Crippen LogP contribution in [0.25, 0.3) is 0 Å². The summed E-state index contributed by atoms with van der Waals surface area (Å²) in [5.74, 6) is -0.0716. The Hall–Kier alpha value is -0.870. The van der Waals surface area contributed by atoms with Crippen molar-refractivity contribution in [2.45, 2.75) is 13.5 Å². The smallest absolute Gasteiger partial charge is 0.244 e. The summed E-state index contributed by atoms with van der Waals surface area (Å²) in [6, 6.07) is 2.00. The van der Waals surface area contributed by atoms with E-state index >= 15 is 0 Å². The molecule has 1 N–H and O–H groups in total. The second-order valence-corrected chi connectivity index (χ2v) is 4.75. The lowest BCUT2D eigenvalue weighted by atomic mass is 10.4. The molecule has 0 fully saturated rings. The van der Waals surface area contributed by atoms with Crippen molar-refractivity contribution in [3.63, 3.8) is 0 Å². The van der Waals surface area contributed by atoms with Gasteiger partial charge in [0, 0.05) is 20.8 Å². The molecule has 0 aliphatic carbocycles. The molecule has 0 spiro atoms. The van der Waals surface area contributed by atoms with Crippen molar-refractivity contribution in [3.05, 3.63) is 45.1 Å². The number of amides is 1. The van der Waals surface area contributed by atoms with E-state index in [1.54, 1.807) is 17.4 Å². The number of halogens is 1. The molecule has 0 unspecified atom stereocenters. The average molecular weight is 286 g/mol. The van der Waals surface area contributed by atoms with Gasteiger partial charge in [-0.05, 0) is 28.9 Å². The summed E-state index contributed by atoms with van der Waals surface area (Å²) in [5, 5.41) is 4.80. The van der Waals surface area contributed by atoms with Crippen LogP contribution in [0.15, 0.2) is 40.2 Å². The maximum atomic E-state index is 11.3. The number of hydrogen-bond donors (Lipinski definition) is 1. The minimum Gasteiger partial charge on any atom is -0.348 e. The number of hydrogen-bond acceptors (Lipinski definition) is 2. The van der Waals surface area contributed by atoms with Crippen LogP contribution in [-0.2, 0) is 11.3 Å². The Balaban J connectivity index is 2.34. The molecule has 80 valence electrons. The first-order valence-electron chi connectivity index (χ1n) is 4.52. The molecule has 0 aliphatic heterocycles. The predicted octanol–water partition coefficient (Wildman–Crippen LogP) is 3.26. The van der Waals surface area contributed by atoms with Gasteiger partial charge < -0.3 is 5.32 Å². The van der Waals surface area contributed by atoms with E-state index < -0.39 is 0 Å². The Morgan fingerprint density at radius 2 is 2.40 bits per heavy atom. The first-order chi connectivity index (χ1) is 7.22. The number of carbonyl (C=O) groups is 1. The second-order valence-electron chi connectivity index (χ2n) is 2.83. The fourth-order valence-corrected chi connectivity index (χ4v) is 2.32. The van der Waals surface area contributed by atoms with Gasteiger partial charge in [-0.15, -0.1) is 11.3 Å². The fourth-order valence-electron chi connectivity index (χ4n) is 0.934. The topological polar surface area (TPSA) is 29.1 Å². The van der Waals surface area contributed by atoms with Crippen LogP contribution in [0.4, 0.5) is 0 Å². The van der Waals surface area contributed by atoms with Crippen LogP contribution in [0.2, 0.25) is 0 Å². The van der Waals surface area contributed by atoms with Crippen LogP contribution < -0.4 is 5.32 Å². The standard InChI is InChI=1S/C11H12BrNOS/c1-2-3-4-5-11(14)13-7-10-6-9(12)8-15-10/h2-6,8H,7H2,1H3,(H,13,14). The van der Waals surface area contributed by atoms with Crippen molar-refractivity contribution in [2.75, 3.05) is 0 Å². The zero-order valence-electron chi connectivity index (χ0n) is 8.37. The van der Waals surface area contributed by atoms with Crippen LogP contribution in [0.1, 0.15) is 11.8 Å². The monoisotopic (exact) mass is 285 g/mol. The minimum absolute atomic E-state index is 0.0716. The van der Waals surface area contributed by atoms with Crippen molar-refractivity contribution >= 4 is 33.2 Å². The predicted molar refractivity (Wildman–Crippen MR) is 67.8 cm³/mol. The van der Waals surface area contributed by atoms with E-state index in [-0.39, 0.29) is 5.91 Å². The van der Waals surface area contributed by atoms with Crippen LogP contribution in [0, 0.1) is 0 Å². The molecule has 1 rings (SSSR count). The molecular weight excluding hydrogens is 274 g/mol. The summed E-state index contributed by atoms with van der Waals surface area (Å²) in [6.45, 7) is 2.49. The molecule has 1 amide bonds. The first-order valence-corrected chi connectivity index (χ1v) is 6.19. The van der Waals surface area contributed by atoms with E-state index in [0.29, 0.717) is 6.54 Å². The van der Waals surface area contributed by atoms with Crippen molar-refractivity contribution in [3.8, 4) is 0 Å². The zero-order valence-corrected chi connectivity index (χ0v) is 10.8. The molecule has 0 atom stereocenters. The van der Waals surface area contributed by atoms with Crippen molar-refractivity contribution in [2.24, 2.45) is 0 Å². The van der Waals surface area contributed by atoms with Gasteiger partial charge in [-0.1, -0.05) is 18.2 Å². The maximum Gasteiger partial charge on any atom is 0.244 e. The van der Waals surface area contributed by atoms with Gasteiger partial charge in [0.05, 0.1) is 6.54 Å². The third-order valence-electron chi connectivity index (χ3n) is 1.61. The van der Waals surface area contributed by atoms with Gasteiger partial charge in [0.2, 0.25) is 5.91 Å². The molecular formula is C11H12BrNOS. The van der Waals surface area contributed by atoms with Crippen molar-refractivity contribution in [1.82, 2.24) is 5.32 Å². The number of nitrogens with one attached hydrogen (secondary N) is 1. The highest BCUT2D eigenvalue weighted by Gasteiger charge is 1.98. The Labute approximate surface area is 102 Å². The molecule has 0 bridgehead atoms. The number of rotatable bonds is 4. The van der Waals surface area contributed by atoms with Gasteiger partial charge in [-0.2, -0.15) is 0 Å². The lowest BCUT2D eigenvalue weighted by Gasteiger charge is -1.97. The Morgan fingerprint density at radius 1 is 1.60 bits per heavy atom.